The molecule has 0 aromatic heterocycles. The van der Waals surface area contributed by atoms with Crippen LogP contribution >= 0.6 is 11.6 Å². The maximum Gasteiger partial charge on any atom is 0.330 e. The van der Waals surface area contributed by atoms with Crippen molar-refractivity contribution in [3.63, 3.8) is 0 Å². The zero-order chi connectivity index (χ0) is 33.6. The van der Waals surface area contributed by atoms with Gasteiger partial charge in [-0.15, -0.1) is 4.36 Å². The molecule has 1 fully saturated rings. The van der Waals surface area contributed by atoms with Gasteiger partial charge in [0.1, 0.15) is 15.7 Å². The third-order valence-electron chi connectivity index (χ3n) is 9.28. The number of allylic oxidation sites excluding steroid dienone is 1. The number of aryl methyl sites for hydroxylation is 1. The van der Waals surface area contributed by atoms with Gasteiger partial charge >= 0.3 is 6.03 Å². The molecule has 5 rings (SSSR count). The molecule has 2 aromatic carbocycles. The van der Waals surface area contributed by atoms with Crippen molar-refractivity contribution in [2.24, 2.45) is 16.2 Å². The Balaban J connectivity index is 1.57. The second-order valence-electron chi connectivity index (χ2n) is 12.9. The molecule has 4 atom stereocenters. The Kier molecular flexibility index (Phi) is 11.9. The van der Waals surface area contributed by atoms with Crippen molar-refractivity contribution < 1.29 is 28.4 Å². The number of amides is 3. The Morgan fingerprint density at radius 3 is 2.77 bits per heavy atom. The predicted molar refractivity (Wildman–Crippen MR) is 185 cm³/mol. The van der Waals surface area contributed by atoms with Crippen molar-refractivity contribution in [3.8, 4) is 5.75 Å². The van der Waals surface area contributed by atoms with Crippen LogP contribution in [0.5, 0.6) is 5.75 Å². The minimum Gasteiger partial charge on any atom is -0.491 e. The highest BCUT2D eigenvalue weighted by molar-refractivity contribution is 7.92. The zero-order valence-electron chi connectivity index (χ0n) is 27.5. The van der Waals surface area contributed by atoms with E-state index in [0.29, 0.717) is 56.4 Å². The summed E-state index contributed by atoms with van der Waals surface area (Å²) in [6, 6.07) is 10.6. The van der Waals surface area contributed by atoms with E-state index in [9.17, 15) is 18.9 Å². The number of fused-ring (bicyclic) bond motifs is 2. The molecule has 256 valence electrons. The molecule has 0 spiro atoms. The lowest BCUT2D eigenvalue weighted by atomic mass is 9.94. The summed E-state index contributed by atoms with van der Waals surface area (Å²) in [7, 11) is -1.92. The first-order chi connectivity index (χ1) is 22.6. The summed E-state index contributed by atoms with van der Waals surface area (Å²) >= 11 is 6.41. The summed E-state index contributed by atoms with van der Waals surface area (Å²) in [4.78, 5) is 30.6. The monoisotopic (exact) mass is 686 g/mol. The number of aliphatic hydroxyl groups is 1. The van der Waals surface area contributed by atoms with Gasteiger partial charge in [-0.1, -0.05) is 50.1 Å². The predicted octanol–water partition coefficient (Wildman–Crippen LogP) is 6.00. The normalized spacial score (nSPS) is 26.9. The van der Waals surface area contributed by atoms with Crippen molar-refractivity contribution in [2.45, 2.75) is 71.1 Å². The van der Waals surface area contributed by atoms with Crippen molar-refractivity contribution in [1.82, 2.24) is 9.62 Å². The van der Waals surface area contributed by atoms with Gasteiger partial charge in [0.2, 0.25) is 0 Å². The smallest absolute Gasteiger partial charge is 0.330 e. The van der Waals surface area contributed by atoms with Gasteiger partial charge in [0.15, 0.2) is 0 Å². The number of ether oxygens (including phenoxy) is 2. The van der Waals surface area contributed by atoms with Crippen LogP contribution in [0.25, 0.3) is 0 Å². The van der Waals surface area contributed by atoms with Crippen molar-refractivity contribution in [3.05, 3.63) is 70.3 Å². The third-order valence-corrected chi connectivity index (χ3v) is 11.5. The summed E-state index contributed by atoms with van der Waals surface area (Å²) in [5.74, 6) is -0.249. The summed E-state index contributed by atoms with van der Waals surface area (Å²) < 4.78 is 32.7. The molecule has 12 heteroatoms. The number of halogens is 1. The Labute approximate surface area is 283 Å². The van der Waals surface area contributed by atoms with Gasteiger partial charge in [0, 0.05) is 30.8 Å². The summed E-state index contributed by atoms with van der Waals surface area (Å²) in [6.07, 6.45) is 7.62. The molecule has 3 amide bonds. The standard InChI is InChI=1S/C35H47ClN4O6S/c1-4-25-15-16-39-20-28-11-13-29(36)18-26(28)9-5-6-17-46-33-14-12-27(19-31(33)39)34(42)37-47(44,23-24(2)8-7-10-32(25)41)38-35(43)40-21-30(22-40)45-3/h7,10-14,18-19,24-25,30,32,41H,4-6,8-9,15-17,20-23H2,1-3H3,(H,37,38,42,43,44)/b10-7+/t24-,25+,32-,47?/m0/s1. The van der Waals surface area contributed by atoms with E-state index in [1.807, 2.05) is 31.2 Å². The number of anilines is 1. The molecule has 47 heavy (non-hydrogen) atoms. The van der Waals surface area contributed by atoms with Gasteiger partial charge in [0.05, 0.1) is 43.3 Å². The molecule has 0 saturated carbocycles. The number of carbonyl (C=O) groups excluding carboxylic acids is 2. The van der Waals surface area contributed by atoms with Crippen molar-refractivity contribution in [2.75, 3.05) is 44.0 Å². The first-order valence-electron chi connectivity index (χ1n) is 16.6. The SMILES string of the molecule is CC[C@@H]1CCN2Cc3ccc(Cl)cc3CCCCOc3ccc(cc32)C(=O)N=S(=O)(NC(=O)N2CC(OC)C2)C[C@@H](C)C/C=C/[C@@H]1O. The minimum absolute atomic E-state index is 0.00233. The Morgan fingerprint density at radius 2 is 2.00 bits per heavy atom. The highest BCUT2D eigenvalue weighted by Gasteiger charge is 2.33. The number of carbonyl (C=O) groups is 2. The highest BCUT2D eigenvalue weighted by Crippen LogP contribution is 2.34. The molecular formula is C35H47ClN4O6S. The number of rotatable bonds is 3. The number of benzene rings is 2. The number of urea groups is 1. The molecule has 0 radical (unpaired) electrons. The number of hydrogen-bond donors (Lipinski definition) is 2. The summed E-state index contributed by atoms with van der Waals surface area (Å²) in [5, 5.41) is 11.9. The fourth-order valence-corrected chi connectivity index (χ4v) is 8.41. The average Bonchev–Trinajstić information content (AvgIpc) is 3.03. The van der Waals surface area contributed by atoms with Gasteiger partial charge in [-0.3, -0.25) is 9.52 Å². The number of nitrogens with zero attached hydrogens (tertiary/aromatic N) is 3. The summed E-state index contributed by atoms with van der Waals surface area (Å²) in [6.45, 7) is 6.36. The molecule has 0 aliphatic carbocycles. The van der Waals surface area contributed by atoms with Crippen LogP contribution in [-0.4, -0.2) is 77.5 Å². The van der Waals surface area contributed by atoms with Gasteiger partial charge < -0.3 is 24.4 Å². The first kappa shape index (κ1) is 35.2. The summed E-state index contributed by atoms with van der Waals surface area (Å²) in [5.41, 5.74) is 3.28. The molecule has 2 aromatic rings. The van der Waals surface area contributed by atoms with Gasteiger partial charge in [0.25, 0.3) is 5.91 Å². The van der Waals surface area contributed by atoms with Crippen LogP contribution < -0.4 is 14.4 Å². The van der Waals surface area contributed by atoms with Crippen LogP contribution in [-0.2, 0) is 27.6 Å². The van der Waals surface area contributed by atoms with Gasteiger partial charge in [-0.2, -0.15) is 0 Å². The maximum absolute atomic E-state index is 14.3. The van der Waals surface area contributed by atoms with E-state index in [1.54, 1.807) is 25.3 Å². The van der Waals surface area contributed by atoms with E-state index in [1.165, 1.54) is 10.5 Å². The topological polar surface area (TPSA) is 121 Å². The van der Waals surface area contributed by atoms with Gasteiger partial charge in [-0.05, 0) is 85.4 Å². The van der Waals surface area contributed by atoms with Gasteiger partial charge in [-0.25, -0.2) is 9.00 Å². The highest BCUT2D eigenvalue weighted by atomic mass is 35.5. The van der Waals surface area contributed by atoms with Crippen LogP contribution in [0.4, 0.5) is 10.5 Å². The van der Waals surface area contributed by atoms with E-state index in [-0.39, 0.29) is 29.3 Å². The Morgan fingerprint density at radius 1 is 1.19 bits per heavy atom. The molecule has 1 unspecified atom stereocenters. The zero-order valence-corrected chi connectivity index (χ0v) is 29.1. The average molecular weight is 687 g/mol. The molecule has 3 aliphatic rings. The van der Waals surface area contributed by atoms with Crippen molar-refractivity contribution in [1.29, 1.82) is 0 Å². The second-order valence-corrected chi connectivity index (χ2v) is 15.4. The van der Waals surface area contributed by atoms with Crippen LogP contribution in [0.15, 0.2) is 52.9 Å². The van der Waals surface area contributed by atoms with E-state index >= 15 is 0 Å². The van der Waals surface area contributed by atoms with Crippen LogP contribution in [0.3, 0.4) is 0 Å². The first-order valence-corrected chi connectivity index (χ1v) is 18.7. The second kappa shape index (κ2) is 15.9. The number of hydrogen-bond acceptors (Lipinski definition) is 7. The molecule has 3 aliphatic heterocycles. The fourth-order valence-electron chi connectivity index (χ4n) is 6.33. The maximum atomic E-state index is 14.3. The fraction of sp³-hybridized carbons (Fsp3) is 0.543. The van der Waals surface area contributed by atoms with E-state index in [0.717, 1.165) is 36.9 Å². The van der Waals surface area contributed by atoms with Crippen molar-refractivity contribution >= 4 is 39.1 Å². The van der Waals surface area contributed by atoms with E-state index in [4.69, 9.17) is 21.1 Å². The molecule has 1 saturated heterocycles. The quantitative estimate of drug-likeness (QED) is 0.380. The lowest BCUT2D eigenvalue weighted by molar-refractivity contribution is -0.00645. The van der Waals surface area contributed by atoms with Crippen LogP contribution in [0.1, 0.15) is 67.4 Å². The molecular weight excluding hydrogens is 640 g/mol. The number of aliphatic hydroxyl groups excluding tert-OH is 1. The third kappa shape index (κ3) is 9.07. The number of nitrogens with one attached hydrogen (secondary N) is 1. The van der Waals surface area contributed by atoms with Crippen LogP contribution in [0.2, 0.25) is 5.02 Å². The lowest BCUT2D eigenvalue weighted by Crippen LogP contribution is -2.58. The lowest BCUT2D eigenvalue weighted by Gasteiger charge is -2.38. The number of methoxy groups -OCH3 is 1. The minimum atomic E-state index is -3.51. The van der Waals surface area contributed by atoms with Crippen LogP contribution in [0, 0.1) is 11.8 Å². The Bertz CT molecular complexity index is 1590. The molecule has 2 N–H and O–H groups in total. The molecule has 10 nitrogen and oxygen atoms in total. The molecule has 3 heterocycles. The number of likely N-dealkylation sites (tertiary alicyclic amines) is 1. The Hall–Kier alpha value is -3.12. The van der Waals surface area contributed by atoms with E-state index in [2.05, 4.69) is 27.0 Å². The molecule has 2 bridgehead atoms. The van der Waals surface area contributed by atoms with E-state index < -0.39 is 28.0 Å². The largest absolute Gasteiger partial charge is 0.491 e.